The topological polar surface area (TPSA) is 59.9 Å². The van der Waals surface area contributed by atoms with Gasteiger partial charge in [-0.25, -0.2) is 9.97 Å². The Morgan fingerprint density at radius 3 is 2.39 bits per heavy atom. The lowest BCUT2D eigenvalue weighted by atomic mass is 9.86. The van der Waals surface area contributed by atoms with Crippen LogP contribution in [0.2, 0.25) is 0 Å². The van der Waals surface area contributed by atoms with E-state index in [-0.39, 0.29) is 22.2 Å². The summed E-state index contributed by atoms with van der Waals surface area (Å²) in [5.74, 6) is 0.317. The van der Waals surface area contributed by atoms with Gasteiger partial charge < -0.3 is 0 Å². The molecule has 96 valence electrons. The minimum Gasteiger partial charge on any atom is -0.290 e. The van der Waals surface area contributed by atoms with Gasteiger partial charge in [0.05, 0.1) is 0 Å². The van der Waals surface area contributed by atoms with E-state index in [1.807, 2.05) is 0 Å². The van der Waals surface area contributed by atoms with Gasteiger partial charge in [-0.2, -0.15) is 0 Å². The van der Waals surface area contributed by atoms with Crippen LogP contribution in [-0.2, 0) is 10.8 Å². The second kappa shape index (κ2) is 4.88. The van der Waals surface area contributed by atoms with Crippen LogP contribution < -0.4 is 0 Å². The van der Waals surface area contributed by atoms with E-state index in [0.717, 1.165) is 32.1 Å². The maximum absolute atomic E-state index is 12.3. The Hall–Kier alpha value is -1.10. The molecule has 4 nitrogen and oxygen atoms in total. The molecule has 0 aromatic carbocycles. The maximum Gasteiger partial charge on any atom is 0.203 e. The van der Waals surface area contributed by atoms with Gasteiger partial charge >= 0.3 is 0 Å². The molecule has 1 aromatic heterocycles. The molecule has 0 aliphatic carbocycles. The Labute approximate surface area is 109 Å². The van der Waals surface area contributed by atoms with Gasteiger partial charge in [0.2, 0.25) is 5.78 Å². The smallest absolute Gasteiger partial charge is 0.203 e. The Morgan fingerprint density at radius 2 is 1.78 bits per heavy atom. The van der Waals surface area contributed by atoms with Crippen LogP contribution in [0.4, 0.5) is 0 Å². The second-order valence-corrected chi connectivity index (χ2v) is 7.10. The summed E-state index contributed by atoms with van der Waals surface area (Å²) in [4.78, 5) is 20.4. The van der Waals surface area contributed by atoms with Gasteiger partial charge in [-0.05, 0) is 31.7 Å². The van der Waals surface area contributed by atoms with Gasteiger partial charge in [0.1, 0.15) is 0 Å². The Bertz CT molecular complexity index is 461. The standard InChI is InChI=1S/C13H16N2O2S/c16-12(13-14-5-2-6-15-13)9-7-10-3-1-4-11(8-9)18(10)17/h2,5-6,9-11H,1,3-4,7-8H2. The largest absolute Gasteiger partial charge is 0.290 e. The Morgan fingerprint density at radius 1 is 1.17 bits per heavy atom. The molecular weight excluding hydrogens is 248 g/mol. The highest BCUT2D eigenvalue weighted by molar-refractivity contribution is 7.86. The van der Waals surface area contributed by atoms with Crippen molar-refractivity contribution in [2.45, 2.75) is 42.6 Å². The molecule has 2 atom stereocenters. The molecule has 2 unspecified atom stereocenters. The molecule has 2 fully saturated rings. The zero-order valence-electron chi connectivity index (χ0n) is 10.1. The van der Waals surface area contributed by atoms with Crippen LogP contribution in [0.3, 0.4) is 0 Å². The fourth-order valence-electron chi connectivity index (χ4n) is 3.06. The molecule has 0 radical (unpaired) electrons. The normalized spacial score (nSPS) is 35.1. The first-order chi connectivity index (χ1) is 8.75. The highest BCUT2D eigenvalue weighted by Crippen LogP contribution is 2.37. The molecule has 2 saturated heterocycles. The SMILES string of the molecule is O=C(c1ncccn1)C1CC2CCCC(C1)S2=O. The summed E-state index contributed by atoms with van der Waals surface area (Å²) in [5.41, 5.74) is 0. The highest BCUT2D eigenvalue weighted by atomic mass is 32.2. The number of hydrogen-bond donors (Lipinski definition) is 0. The van der Waals surface area contributed by atoms with Crippen LogP contribution in [0.15, 0.2) is 18.5 Å². The van der Waals surface area contributed by atoms with Crippen molar-refractivity contribution in [3.05, 3.63) is 24.3 Å². The maximum atomic E-state index is 12.3. The quantitative estimate of drug-likeness (QED) is 0.763. The van der Waals surface area contributed by atoms with Crippen LogP contribution in [0.5, 0.6) is 0 Å². The van der Waals surface area contributed by atoms with Gasteiger partial charge in [0.25, 0.3) is 0 Å². The van der Waals surface area contributed by atoms with Crippen LogP contribution in [-0.4, -0.2) is 30.5 Å². The molecule has 18 heavy (non-hydrogen) atoms. The fourth-order valence-corrected chi connectivity index (χ4v) is 5.24. The van der Waals surface area contributed by atoms with Gasteiger partial charge in [0, 0.05) is 39.6 Å². The van der Waals surface area contributed by atoms with E-state index in [2.05, 4.69) is 9.97 Å². The minimum atomic E-state index is -0.723. The number of nitrogens with zero attached hydrogens (tertiary/aromatic N) is 2. The highest BCUT2D eigenvalue weighted by Gasteiger charge is 2.41. The third-order valence-corrected chi connectivity index (χ3v) is 6.13. The number of Topliss-reactive ketones (excluding diaryl/α,β-unsaturated/α-hetero) is 1. The molecule has 3 rings (SSSR count). The van der Waals surface area contributed by atoms with Crippen molar-refractivity contribution in [3.8, 4) is 0 Å². The molecule has 0 spiro atoms. The predicted octanol–water partition coefficient (Wildman–Crippen LogP) is 1.74. The van der Waals surface area contributed by atoms with Crippen molar-refractivity contribution < 1.29 is 9.00 Å². The van der Waals surface area contributed by atoms with E-state index >= 15 is 0 Å². The first-order valence-corrected chi connectivity index (χ1v) is 7.74. The molecule has 5 heteroatoms. The third kappa shape index (κ3) is 2.11. The third-order valence-electron chi connectivity index (χ3n) is 3.96. The van der Waals surface area contributed by atoms with E-state index in [1.165, 1.54) is 0 Å². The lowest BCUT2D eigenvalue weighted by molar-refractivity contribution is 0.0884. The summed E-state index contributed by atoms with van der Waals surface area (Å²) in [6.07, 6.45) is 7.86. The zero-order chi connectivity index (χ0) is 12.5. The van der Waals surface area contributed by atoms with Crippen LogP contribution in [0.25, 0.3) is 0 Å². The van der Waals surface area contributed by atoms with Crippen LogP contribution in [0.1, 0.15) is 42.7 Å². The second-order valence-electron chi connectivity index (χ2n) is 5.11. The van der Waals surface area contributed by atoms with Crippen molar-refractivity contribution in [2.24, 2.45) is 5.92 Å². The molecule has 2 bridgehead atoms. The number of rotatable bonds is 2. The van der Waals surface area contributed by atoms with Gasteiger partial charge in [-0.3, -0.25) is 9.00 Å². The molecule has 0 saturated carbocycles. The summed E-state index contributed by atoms with van der Waals surface area (Å²) in [5, 5.41) is 0.435. The number of hydrogen-bond acceptors (Lipinski definition) is 4. The molecule has 0 amide bonds. The minimum absolute atomic E-state index is 0.0274. The molecule has 0 N–H and O–H groups in total. The summed E-state index contributed by atoms with van der Waals surface area (Å²) in [6.45, 7) is 0. The average Bonchev–Trinajstić information content (AvgIpc) is 2.38. The summed E-state index contributed by atoms with van der Waals surface area (Å²) in [7, 11) is -0.723. The van der Waals surface area contributed by atoms with Crippen molar-refractivity contribution in [1.29, 1.82) is 0 Å². The van der Waals surface area contributed by atoms with Gasteiger partial charge in [0.15, 0.2) is 5.82 Å². The molecule has 3 heterocycles. The first-order valence-electron chi connectivity index (χ1n) is 6.46. The van der Waals surface area contributed by atoms with Crippen molar-refractivity contribution in [1.82, 2.24) is 9.97 Å². The van der Waals surface area contributed by atoms with E-state index in [4.69, 9.17) is 0 Å². The average molecular weight is 264 g/mol. The number of ketones is 1. The molecule has 2 aliphatic heterocycles. The molecular formula is C13H16N2O2S. The number of carbonyl (C=O) groups excluding carboxylic acids is 1. The van der Waals surface area contributed by atoms with Crippen LogP contribution >= 0.6 is 0 Å². The monoisotopic (exact) mass is 264 g/mol. The Kier molecular flexibility index (Phi) is 3.24. The lowest BCUT2D eigenvalue weighted by Gasteiger charge is -2.37. The lowest BCUT2D eigenvalue weighted by Crippen LogP contribution is -2.41. The van der Waals surface area contributed by atoms with Crippen molar-refractivity contribution in [3.63, 3.8) is 0 Å². The van der Waals surface area contributed by atoms with Crippen molar-refractivity contribution >= 4 is 16.6 Å². The summed E-state index contributed by atoms with van der Waals surface area (Å²) >= 11 is 0. The molecule has 1 aromatic rings. The summed E-state index contributed by atoms with van der Waals surface area (Å²) < 4.78 is 12.1. The van der Waals surface area contributed by atoms with E-state index in [1.54, 1.807) is 18.5 Å². The predicted molar refractivity (Wildman–Crippen MR) is 68.7 cm³/mol. The number of fused-ring (bicyclic) bond motifs is 2. The van der Waals surface area contributed by atoms with Gasteiger partial charge in [-0.15, -0.1) is 0 Å². The number of aromatic nitrogens is 2. The zero-order valence-corrected chi connectivity index (χ0v) is 10.9. The van der Waals surface area contributed by atoms with Gasteiger partial charge in [-0.1, -0.05) is 6.42 Å². The fraction of sp³-hybridized carbons (Fsp3) is 0.615. The van der Waals surface area contributed by atoms with E-state index in [9.17, 15) is 9.00 Å². The Balaban J connectivity index is 1.78. The van der Waals surface area contributed by atoms with Crippen LogP contribution in [0, 0.1) is 5.92 Å². The van der Waals surface area contributed by atoms with E-state index in [0.29, 0.717) is 5.82 Å². The van der Waals surface area contributed by atoms with Crippen molar-refractivity contribution in [2.75, 3.05) is 0 Å². The van der Waals surface area contributed by atoms with E-state index < -0.39 is 10.8 Å². The molecule has 2 aliphatic rings. The number of carbonyl (C=O) groups is 1. The first kappa shape index (κ1) is 12.0. The summed E-state index contributed by atoms with van der Waals surface area (Å²) in [6, 6.07) is 1.71.